The van der Waals surface area contributed by atoms with Crippen LogP contribution in [0, 0.1) is 13.8 Å². The van der Waals surface area contributed by atoms with Gasteiger partial charge >= 0.3 is 5.97 Å². The number of aromatic nitrogens is 2. The molecule has 112 valence electrons. The van der Waals surface area contributed by atoms with Crippen LogP contribution in [0.25, 0.3) is 10.8 Å². The molecule has 0 spiro atoms. The lowest BCUT2D eigenvalue weighted by Gasteiger charge is -2.15. The van der Waals surface area contributed by atoms with E-state index in [2.05, 4.69) is 10.2 Å². The lowest BCUT2D eigenvalue weighted by atomic mass is 9.95. The number of ether oxygens (including phenoxy) is 1. The van der Waals surface area contributed by atoms with Gasteiger partial charge in [0.2, 0.25) is 0 Å². The molecule has 1 aromatic heterocycles. The predicted molar refractivity (Wildman–Crippen MR) is 78.7 cm³/mol. The summed E-state index contributed by atoms with van der Waals surface area (Å²) in [7, 11) is 0. The van der Waals surface area contributed by atoms with E-state index in [4.69, 9.17) is 16.3 Å². The molecule has 6 nitrogen and oxygen atoms in total. The van der Waals surface area contributed by atoms with E-state index in [1.807, 2.05) is 0 Å². The minimum absolute atomic E-state index is 0.223. The number of aliphatic hydroxyl groups is 1. The molecule has 21 heavy (non-hydrogen) atoms. The Balaban J connectivity index is 2.97. The highest BCUT2D eigenvalue weighted by Gasteiger charge is 2.23. The fraction of sp³-hybridized carbons (Fsp3) is 0.357. The molecule has 7 heteroatoms. The van der Waals surface area contributed by atoms with Crippen molar-refractivity contribution in [2.75, 3.05) is 6.61 Å². The van der Waals surface area contributed by atoms with E-state index in [0.717, 1.165) is 0 Å². The maximum absolute atomic E-state index is 12.1. The Kier molecular flexibility index (Phi) is 4.29. The van der Waals surface area contributed by atoms with Gasteiger partial charge in [-0.25, -0.2) is 9.89 Å². The first-order valence-electron chi connectivity index (χ1n) is 6.41. The number of esters is 1. The van der Waals surface area contributed by atoms with Gasteiger partial charge in [0.25, 0.3) is 5.56 Å². The number of nitrogens with zero attached hydrogens (tertiary/aromatic N) is 1. The first kappa shape index (κ1) is 15.5. The second-order valence-corrected chi connectivity index (χ2v) is 4.94. The van der Waals surface area contributed by atoms with Gasteiger partial charge in [-0.2, -0.15) is 5.10 Å². The first-order valence-corrected chi connectivity index (χ1v) is 6.79. The van der Waals surface area contributed by atoms with Gasteiger partial charge in [-0.15, -0.1) is 0 Å². The Bertz CT molecular complexity index is 783. The average Bonchev–Trinajstić information content (AvgIpc) is 2.45. The number of fused-ring (bicyclic) bond motifs is 1. The molecule has 2 aromatic rings. The number of benzene rings is 1. The third kappa shape index (κ3) is 2.41. The van der Waals surface area contributed by atoms with Gasteiger partial charge < -0.3 is 9.84 Å². The smallest absolute Gasteiger partial charge is 0.338 e. The van der Waals surface area contributed by atoms with Crippen molar-refractivity contribution in [1.29, 1.82) is 0 Å². The minimum atomic E-state index is -0.530. The predicted octanol–water partition coefficient (Wildman–Crippen LogP) is 1.86. The largest absolute Gasteiger partial charge is 0.462 e. The molecule has 1 heterocycles. The number of carbonyl (C=O) groups excluding carboxylic acids is 1. The van der Waals surface area contributed by atoms with Crippen molar-refractivity contribution in [2.45, 2.75) is 27.4 Å². The van der Waals surface area contributed by atoms with Crippen molar-refractivity contribution in [3.8, 4) is 0 Å². The van der Waals surface area contributed by atoms with Gasteiger partial charge in [-0.3, -0.25) is 4.79 Å². The monoisotopic (exact) mass is 310 g/mol. The summed E-state index contributed by atoms with van der Waals surface area (Å²) in [5, 5.41) is 16.3. The van der Waals surface area contributed by atoms with Gasteiger partial charge in [0.05, 0.1) is 34.9 Å². The van der Waals surface area contributed by atoms with Crippen LogP contribution in [-0.4, -0.2) is 27.9 Å². The summed E-state index contributed by atoms with van der Waals surface area (Å²) in [5.41, 5.74) is 1.03. The molecule has 0 unspecified atom stereocenters. The van der Waals surface area contributed by atoms with Crippen LogP contribution < -0.4 is 5.56 Å². The number of rotatable bonds is 3. The number of hydrogen-bond donors (Lipinski definition) is 2. The molecule has 0 aliphatic heterocycles. The summed E-state index contributed by atoms with van der Waals surface area (Å²) in [6, 6.07) is 0. The van der Waals surface area contributed by atoms with E-state index in [-0.39, 0.29) is 34.9 Å². The van der Waals surface area contributed by atoms with Crippen molar-refractivity contribution in [3.63, 3.8) is 0 Å². The van der Waals surface area contributed by atoms with E-state index >= 15 is 0 Å². The Morgan fingerprint density at radius 1 is 1.33 bits per heavy atom. The SMILES string of the molecule is CCOC(=O)c1c(C)c(Cl)c2c(CO)n[nH]c(=O)c2c1C. The van der Waals surface area contributed by atoms with E-state index < -0.39 is 11.5 Å². The molecule has 0 fully saturated rings. The van der Waals surface area contributed by atoms with Crippen LogP contribution in [0.4, 0.5) is 0 Å². The van der Waals surface area contributed by atoms with Crippen LogP contribution >= 0.6 is 11.6 Å². The van der Waals surface area contributed by atoms with Gasteiger partial charge in [-0.1, -0.05) is 11.6 Å². The highest BCUT2D eigenvalue weighted by atomic mass is 35.5. The van der Waals surface area contributed by atoms with Crippen LogP contribution in [0.3, 0.4) is 0 Å². The number of carbonyl (C=O) groups is 1. The Labute approximate surface area is 125 Å². The number of H-pyrrole nitrogens is 1. The number of halogens is 1. The highest BCUT2D eigenvalue weighted by molar-refractivity contribution is 6.37. The van der Waals surface area contributed by atoms with Crippen molar-refractivity contribution in [3.05, 3.63) is 37.8 Å². The third-order valence-corrected chi connectivity index (χ3v) is 3.83. The highest BCUT2D eigenvalue weighted by Crippen LogP contribution is 2.33. The summed E-state index contributed by atoms with van der Waals surface area (Å²) in [6.07, 6.45) is 0. The number of nitrogens with one attached hydrogen (secondary N) is 1. The second kappa shape index (κ2) is 5.83. The van der Waals surface area contributed by atoms with Crippen LogP contribution in [0.5, 0.6) is 0 Å². The zero-order valence-electron chi connectivity index (χ0n) is 11.9. The molecule has 0 aliphatic carbocycles. The number of aromatic amines is 1. The molecular weight excluding hydrogens is 296 g/mol. The Morgan fingerprint density at radius 2 is 2.00 bits per heavy atom. The van der Waals surface area contributed by atoms with Crippen LogP contribution in [0.1, 0.15) is 34.1 Å². The lowest BCUT2D eigenvalue weighted by molar-refractivity contribution is 0.0525. The summed E-state index contributed by atoms with van der Waals surface area (Å²) in [4.78, 5) is 24.1. The Hall–Kier alpha value is -1.92. The fourth-order valence-electron chi connectivity index (χ4n) is 2.41. The number of aliphatic hydroxyl groups excluding tert-OH is 1. The van der Waals surface area contributed by atoms with E-state index in [9.17, 15) is 14.7 Å². The van der Waals surface area contributed by atoms with Crippen molar-refractivity contribution in [2.24, 2.45) is 0 Å². The summed E-state index contributed by atoms with van der Waals surface area (Å²) < 4.78 is 5.02. The lowest BCUT2D eigenvalue weighted by Crippen LogP contribution is -2.17. The molecule has 0 atom stereocenters. The fourth-order valence-corrected chi connectivity index (χ4v) is 2.71. The van der Waals surface area contributed by atoms with E-state index in [0.29, 0.717) is 16.5 Å². The summed E-state index contributed by atoms with van der Waals surface area (Å²) in [6.45, 7) is 4.87. The normalized spacial score (nSPS) is 10.9. The third-order valence-electron chi connectivity index (χ3n) is 3.36. The number of aryl methyl sites for hydroxylation is 1. The van der Waals surface area contributed by atoms with Crippen molar-refractivity contribution < 1.29 is 14.6 Å². The zero-order chi connectivity index (χ0) is 15.7. The first-order chi connectivity index (χ1) is 9.93. The van der Waals surface area contributed by atoms with Gasteiger partial charge in [0, 0.05) is 5.39 Å². The maximum atomic E-state index is 12.1. The maximum Gasteiger partial charge on any atom is 0.338 e. The van der Waals surface area contributed by atoms with Crippen molar-refractivity contribution >= 4 is 28.3 Å². The topological polar surface area (TPSA) is 92.3 Å². The van der Waals surface area contributed by atoms with Crippen LogP contribution in [-0.2, 0) is 11.3 Å². The van der Waals surface area contributed by atoms with Crippen LogP contribution in [0.15, 0.2) is 4.79 Å². The Morgan fingerprint density at radius 3 is 2.57 bits per heavy atom. The zero-order valence-corrected chi connectivity index (χ0v) is 12.7. The second-order valence-electron chi connectivity index (χ2n) is 4.57. The molecular formula is C14H15ClN2O4. The molecule has 0 amide bonds. The van der Waals surface area contributed by atoms with E-state index in [1.54, 1.807) is 20.8 Å². The van der Waals surface area contributed by atoms with Crippen LogP contribution in [0.2, 0.25) is 5.02 Å². The summed E-state index contributed by atoms with van der Waals surface area (Å²) in [5.74, 6) is -0.530. The van der Waals surface area contributed by atoms with Crippen molar-refractivity contribution in [1.82, 2.24) is 10.2 Å². The molecule has 2 rings (SSSR count). The molecule has 0 saturated heterocycles. The van der Waals surface area contributed by atoms with Gasteiger partial charge in [0.1, 0.15) is 0 Å². The average molecular weight is 311 g/mol. The molecule has 0 saturated carbocycles. The van der Waals surface area contributed by atoms with Gasteiger partial charge in [-0.05, 0) is 31.9 Å². The molecule has 2 N–H and O–H groups in total. The van der Waals surface area contributed by atoms with E-state index in [1.165, 1.54) is 0 Å². The molecule has 0 bridgehead atoms. The molecule has 0 aliphatic rings. The van der Waals surface area contributed by atoms with Gasteiger partial charge in [0.15, 0.2) is 0 Å². The minimum Gasteiger partial charge on any atom is -0.462 e. The molecule has 0 radical (unpaired) electrons. The summed E-state index contributed by atoms with van der Waals surface area (Å²) >= 11 is 6.29. The standard InChI is InChI=1S/C14H15ClN2O4/c1-4-21-14(20)9-6(2)10-11(12(15)7(9)3)8(5-18)16-17-13(10)19/h18H,4-5H2,1-3H3,(H,17,19). The molecule has 1 aromatic carbocycles. The quantitative estimate of drug-likeness (QED) is 0.844. The number of hydrogen-bond acceptors (Lipinski definition) is 5.